The van der Waals surface area contributed by atoms with Crippen LogP contribution in [0.3, 0.4) is 0 Å². The molecule has 2 N–H and O–H groups in total. The Morgan fingerprint density at radius 1 is 1.18 bits per heavy atom. The Balaban J connectivity index is 2.24. The van der Waals surface area contributed by atoms with Gasteiger partial charge in [0.05, 0.1) is 11.4 Å². The van der Waals surface area contributed by atoms with E-state index in [0.29, 0.717) is 6.54 Å². The van der Waals surface area contributed by atoms with Crippen molar-refractivity contribution in [2.45, 2.75) is 39.5 Å². The monoisotopic (exact) mass is 313 g/mol. The Bertz CT molecular complexity index is 788. The van der Waals surface area contributed by atoms with Gasteiger partial charge in [-0.1, -0.05) is 50.6 Å². The average molecular weight is 313 g/mol. The third kappa shape index (κ3) is 2.57. The highest BCUT2D eigenvalue weighted by Crippen LogP contribution is 2.33. The molecule has 0 radical (unpaired) electrons. The number of aromatic nitrogens is 2. The summed E-state index contributed by atoms with van der Waals surface area (Å²) in [4.78, 5) is 5.95. The molecule has 3 aromatic rings. The summed E-state index contributed by atoms with van der Waals surface area (Å²) in [6.45, 7) is 9.39. The lowest BCUT2D eigenvalue weighted by Crippen LogP contribution is -2.17. The van der Waals surface area contributed by atoms with Crippen molar-refractivity contribution >= 4 is 16.3 Å². The van der Waals surface area contributed by atoms with Gasteiger partial charge in [0, 0.05) is 22.9 Å². The zero-order valence-electron chi connectivity index (χ0n) is 13.7. The first kappa shape index (κ1) is 15.3. The Labute approximate surface area is 135 Å². The van der Waals surface area contributed by atoms with E-state index in [1.807, 2.05) is 0 Å². The minimum Gasteiger partial charge on any atom is -0.330 e. The molecule has 0 aliphatic carbocycles. The van der Waals surface area contributed by atoms with Gasteiger partial charge >= 0.3 is 0 Å². The third-order valence-electron chi connectivity index (χ3n) is 3.90. The van der Waals surface area contributed by atoms with E-state index in [1.165, 1.54) is 22.5 Å². The molecule has 0 bridgehead atoms. The van der Waals surface area contributed by atoms with Gasteiger partial charge < -0.3 is 5.73 Å². The van der Waals surface area contributed by atoms with E-state index in [-0.39, 0.29) is 5.41 Å². The first-order chi connectivity index (χ1) is 10.4. The van der Waals surface area contributed by atoms with Crippen molar-refractivity contribution in [2.75, 3.05) is 6.54 Å². The summed E-state index contributed by atoms with van der Waals surface area (Å²) in [5.74, 6) is 0. The van der Waals surface area contributed by atoms with Gasteiger partial charge in [0.15, 0.2) is 4.96 Å². The lowest BCUT2D eigenvalue weighted by molar-refractivity contribution is 0.564. The second-order valence-electron chi connectivity index (χ2n) is 6.80. The number of benzene rings is 1. The highest BCUT2D eigenvalue weighted by molar-refractivity contribution is 7.15. The second kappa shape index (κ2) is 5.52. The summed E-state index contributed by atoms with van der Waals surface area (Å²) in [5, 5.41) is 2.19. The van der Waals surface area contributed by atoms with Gasteiger partial charge in [0.25, 0.3) is 0 Å². The summed E-state index contributed by atoms with van der Waals surface area (Å²) >= 11 is 1.70. The first-order valence-corrected chi connectivity index (χ1v) is 8.56. The summed E-state index contributed by atoms with van der Waals surface area (Å²) < 4.78 is 2.29. The fourth-order valence-electron chi connectivity index (χ4n) is 2.81. The standard InChI is InChI=1S/C18H23N3S/c1-12-5-7-13(8-6-12)15-11-22-17-20-16(18(2,3)4)14(9-10-19)21(15)17/h5-8,11H,9-10,19H2,1-4H3. The minimum atomic E-state index is 0.0286. The van der Waals surface area contributed by atoms with Gasteiger partial charge in [-0.25, -0.2) is 4.98 Å². The third-order valence-corrected chi connectivity index (χ3v) is 4.72. The Morgan fingerprint density at radius 2 is 1.86 bits per heavy atom. The smallest absolute Gasteiger partial charge is 0.194 e. The number of nitrogens with zero attached hydrogens (tertiary/aromatic N) is 2. The van der Waals surface area contributed by atoms with E-state index >= 15 is 0 Å². The topological polar surface area (TPSA) is 43.3 Å². The van der Waals surface area contributed by atoms with E-state index in [9.17, 15) is 0 Å². The van der Waals surface area contributed by atoms with Crippen LogP contribution in [0.4, 0.5) is 0 Å². The normalized spacial score (nSPS) is 12.2. The van der Waals surface area contributed by atoms with Crippen molar-refractivity contribution in [1.82, 2.24) is 9.38 Å². The summed E-state index contributed by atoms with van der Waals surface area (Å²) in [6, 6.07) is 8.67. The maximum absolute atomic E-state index is 5.86. The van der Waals surface area contributed by atoms with Crippen molar-refractivity contribution in [3.63, 3.8) is 0 Å². The Kier molecular flexibility index (Phi) is 3.83. The molecule has 2 aromatic heterocycles. The molecule has 1 aromatic carbocycles. The van der Waals surface area contributed by atoms with Crippen molar-refractivity contribution in [2.24, 2.45) is 5.73 Å². The van der Waals surface area contributed by atoms with E-state index in [1.54, 1.807) is 11.3 Å². The van der Waals surface area contributed by atoms with E-state index in [4.69, 9.17) is 10.7 Å². The van der Waals surface area contributed by atoms with Gasteiger partial charge in [-0.05, 0) is 19.0 Å². The largest absolute Gasteiger partial charge is 0.330 e. The van der Waals surface area contributed by atoms with Crippen LogP contribution in [0.2, 0.25) is 0 Å². The first-order valence-electron chi connectivity index (χ1n) is 7.68. The van der Waals surface area contributed by atoms with Crippen molar-refractivity contribution in [3.8, 4) is 11.3 Å². The Hall–Kier alpha value is -1.65. The fourth-order valence-corrected chi connectivity index (χ4v) is 3.73. The molecule has 116 valence electrons. The fraction of sp³-hybridized carbons (Fsp3) is 0.389. The molecular weight excluding hydrogens is 290 g/mol. The molecule has 0 spiro atoms. The highest BCUT2D eigenvalue weighted by Gasteiger charge is 2.25. The summed E-state index contributed by atoms with van der Waals surface area (Å²) in [5.41, 5.74) is 12.0. The molecule has 4 heteroatoms. The number of fused-ring (bicyclic) bond motifs is 1. The van der Waals surface area contributed by atoms with Crippen LogP contribution in [0, 0.1) is 6.92 Å². The Morgan fingerprint density at radius 3 is 2.45 bits per heavy atom. The summed E-state index contributed by atoms with van der Waals surface area (Å²) in [6.07, 6.45) is 0.851. The van der Waals surface area contributed by atoms with Gasteiger partial charge in [-0.3, -0.25) is 4.40 Å². The van der Waals surface area contributed by atoms with Gasteiger partial charge in [-0.15, -0.1) is 11.3 Å². The lowest BCUT2D eigenvalue weighted by Gasteiger charge is -2.18. The van der Waals surface area contributed by atoms with Crippen LogP contribution in [-0.4, -0.2) is 15.9 Å². The number of aryl methyl sites for hydroxylation is 1. The number of rotatable bonds is 3. The molecule has 22 heavy (non-hydrogen) atoms. The average Bonchev–Trinajstić information content (AvgIpc) is 3.00. The van der Waals surface area contributed by atoms with Crippen LogP contribution < -0.4 is 5.73 Å². The number of imidazole rings is 1. The van der Waals surface area contributed by atoms with Crippen LogP contribution in [0.1, 0.15) is 37.7 Å². The van der Waals surface area contributed by atoms with Crippen LogP contribution >= 0.6 is 11.3 Å². The molecule has 0 amide bonds. The zero-order valence-corrected chi connectivity index (χ0v) is 14.5. The summed E-state index contributed by atoms with van der Waals surface area (Å²) in [7, 11) is 0. The molecule has 3 nitrogen and oxygen atoms in total. The predicted molar refractivity (Wildman–Crippen MR) is 94.7 cm³/mol. The quantitative estimate of drug-likeness (QED) is 0.788. The van der Waals surface area contributed by atoms with Crippen LogP contribution in [0.15, 0.2) is 29.6 Å². The second-order valence-corrected chi connectivity index (χ2v) is 7.64. The molecular formula is C18H23N3S. The zero-order chi connectivity index (χ0) is 15.9. The van der Waals surface area contributed by atoms with E-state index in [0.717, 1.165) is 17.1 Å². The van der Waals surface area contributed by atoms with Crippen LogP contribution in [0.25, 0.3) is 16.2 Å². The number of nitrogens with two attached hydrogens (primary N) is 1. The van der Waals surface area contributed by atoms with E-state index < -0.39 is 0 Å². The molecule has 0 saturated carbocycles. The molecule has 0 atom stereocenters. The molecule has 0 fully saturated rings. The van der Waals surface area contributed by atoms with Gasteiger partial charge in [-0.2, -0.15) is 0 Å². The molecule has 0 saturated heterocycles. The molecule has 0 aliphatic rings. The van der Waals surface area contributed by atoms with Crippen LogP contribution in [0.5, 0.6) is 0 Å². The van der Waals surface area contributed by atoms with Gasteiger partial charge in [0.2, 0.25) is 0 Å². The SMILES string of the molecule is Cc1ccc(-c2csc3nc(C(C)(C)C)c(CCN)n23)cc1. The maximum atomic E-state index is 5.86. The van der Waals surface area contributed by atoms with Crippen molar-refractivity contribution < 1.29 is 0 Å². The lowest BCUT2D eigenvalue weighted by atomic mass is 9.90. The molecule has 3 rings (SSSR count). The minimum absolute atomic E-state index is 0.0286. The maximum Gasteiger partial charge on any atom is 0.194 e. The van der Waals surface area contributed by atoms with E-state index in [2.05, 4.69) is 61.7 Å². The molecule has 0 aliphatic heterocycles. The molecule has 0 unspecified atom stereocenters. The number of hydrogen-bond donors (Lipinski definition) is 1. The molecule has 2 heterocycles. The van der Waals surface area contributed by atoms with Crippen LogP contribution in [-0.2, 0) is 11.8 Å². The predicted octanol–water partition coefficient (Wildman–Crippen LogP) is 4.17. The number of thiazole rings is 1. The highest BCUT2D eigenvalue weighted by atomic mass is 32.1. The van der Waals surface area contributed by atoms with Crippen molar-refractivity contribution in [3.05, 3.63) is 46.6 Å². The van der Waals surface area contributed by atoms with Crippen molar-refractivity contribution in [1.29, 1.82) is 0 Å². The van der Waals surface area contributed by atoms with Gasteiger partial charge in [0.1, 0.15) is 0 Å². The number of hydrogen-bond acceptors (Lipinski definition) is 3.